The molecule has 22 heavy (non-hydrogen) atoms. The lowest BCUT2D eigenvalue weighted by Crippen LogP contribution is -2.66. The fraction of sp³-hybridized carbons (Fsp3) is 0.333. The molecule has 3 rings (SSSR count). The van der Waals surface area contributed by atoms with Crippen molar-refractivity contribution >= 4 is 38.2 Å². The average Bonchev–Trinajstić information content (AvgIpc) is 2.45. The van der Waals surface area contributed by atoms with Crippen LogP contribution in [-0.4, -0.2) is 35.9 Å². The van der Waals surface area contributed by atoms with Crippen LogP contribution in [0.5, 0.6) is 0 Å². The monoisotopic (exact) mass is 338 g/mol. The van der Waals surface area contributed by atoms with E-state index in [0.717, 1.165) is 0 Å². The molecule has 2 aromatic rings. The number of fused-ring (bicyclic) bond motifs is 1. The molecule has 0 saturated carbocycles. The maximum atomic E-state index is 12.5. The Balaban J connectivity index is 1.91. The molecule has 2 heterocycles. The summed E-state index contributed by atoms with van der Waals surface area (Å²) >= 11 is 5.93. The number of sulfone groups is 1. The largest absolute Gasteiger partial charge is 0.347 e. The van der Waals surface area contributed by atoms with Crippen LogP contribution in [0.3, 0.4) is 0 Å². The maximum Gasteiger partial charge on any atom is 0.252 e. The Hall–Kier alpha value is -1.66. The average molecular weight is 339 g/mol. The lowest BCUT2D eigenvalue weighted by atomic mass is 10.0. The molecule has 5 nitrogen and oxygen atoms in total. The molecule has 1 aromatic heterocycles. The summed E-state index contributed by atoms with van der Waals surface area (Å²) in [6, 6.07) is 6.35. The summed E-state index contributed by atoms with van der Waals surface area (Å²) in [5, 5.41) is 4.04. The molecule has 0 unspecified atom stereocenters. The third-order valence-corrected chi connectivity index (χ3v) is 7.18. The van der Waals surface area contributed by atoms with Gasteiger partial charge in [-0.15, -0.1) is 0 Å². The zero-order valence-corrected chi connectivity index (χ0v) is 13.7. The molecule has 1 fully saturated rings. The zero-order chi connectivity index (χ0) is 16.1. The summed E-state index contributed by atoms with van der Waals surface area (Å²) in [6.45, 7) is 3.25. The summed E-state index contributed by atoms with van der Waals surface area (Å²) in [6.07, 6.45) is 1.54. The molecule has 0 bridgehead atoms. The number of pyridine rings is 1. The van der Waals surface area contributed by atoms with Gasteiger partial charge in [0.1, 0.15) is 0 Å². The number of rotatable bonds is 2. The molecule has 1 amide bonds. The Kier molecular flexibility index (Phi) is 3.41. The molecule has 1 aliphatic rings. The van der Waals surface area contributed by atoms with E-state index in [-0.39, 0.29) is 17.7 Å². The molecule has 116 valence electrons. The Morgan fingerprint density at radius 1 is 1.36 bits per heavy atom. The Labute approximate surface area is 133 Å². The summed E-state index contributed by atoms with van der Waals surface area (Å²) in [5.74, 6) is -0.330. The van der Waals surface area contributed by atoms with E-state index in [1.54, 1.807) is 38.1 Å². The van der Waals surface area contributed by atoms with Crippen LogP contribution in [0.25, 0.3) is 10.9 Å². The zero-order valence-electron chi connectivity index (χ0n) is 12.1. The SMILES string of the molecule is CC1(C)[C@@H](NC(=O)c2ccnc3cc(Cl)ccc23)CS1(=O)=O. The van der Waals surface area contributed by atoms with Crippen LogP contribution >= 0.6 is 11.6 Å². The number of nitrogens with one attached hydrogen (secondary N) is 1. The fourth-order valence-corrected chi connectivity index (χ4v) is 4.34. The molecule has 1 aliphatic heterocycles. The predicted molar refractivity (Wildman–Crippen MR) is 85.9 cm³/mol. The number of amides is 1. The van der Waals surface area contributed by atoms with Gasteiger partial charge in [-0.25, -0.2) is 8.42 Å². The highest BCUT2D eigenvalue weighted by molar-refractivity contribution is 7.94. The van der Waals surface area contributed by atoms with E-state index in [1.807, 2.05) is 0 Å². The molecule has 1 saturated heterocycles. The number of carbonyl (C=O) groups excluding carboxylic acids is 1. The van der Waals surface area contributed by atoms with Crippen molar-refractivity contribution in [2.45, 2.75) is 24.6 Å². The molecule has 0 aliphatic carbocycles. The molecule has 1 atom stereocenters. The second kappa shape index (κ2) is 4.93. The summed E-state index contributed by atoms with van der Waals surface area (Å²) in [5.41, 5.74) is 1.09. The van der Waals surface area contributed by atoms with Crippen molar-refractivity contribution in [3.63, 3.8) is 0 Å². The minimum absolute atomic E-state index is 0.0272. The van der Waals surface area contributed by atoms with Gasteiger partial charge in [0, 0.05) is 16.6 Å². The molecular weight excluding hydrogens is 324 g/mol. The van der Waals surface area contributed by atoms with Gasteiger partial charge in [-0.2, -0.15) is 0 Å². The van der Waals surface area contributed by atoms with E-state index in [4.69, 9.17) is 11.6 Å². The minimum Gasteiger partial charge on any atom is -0.347 e. The summed E-state index contributed by atoms with van der Waals surface area (Å²) in [7, 11) is -3.13. The normalized spacial score (nSPS) is 22.0. The van der Waals surface area contributed by atoms with Crippen molar-refractivity contribution in [2.75, 3.05) is 5.75 Å². The van der Waals surface area contributed by atoms with Crippen molar-refractivity contribution in [1.29, 1.82) is 0 Å². The van der Waals surface area contributed by atoms with Crippen LogP contribution in [0.4, 0.5) is 0 Å². The number of halogens is 1. The summed E-state index contributed by atoms with van der Waals surface area (Å²) in [4.78, 5) is 16.7. The first-order chi connectivity index (χ1) is 10.2. The first kappa shape index (κ1) is 15.2. The van der Waals surface area contributed by atoms with Gasteiger partial charge < -0.3 is 5.32 Å². The van der Waals surface area contributed by atoms with Crippen molar-refractivity contribution in [3.8, 4) is 0 Å². The molecule has 1 N–H and O–H groups in total. The van der Waals surface area contributed by atoms with Crippen LogP contribution in [0, 0.1) is 0 Å². The van der Waals surface area contributed by atoms with Gasteiger partial charge in [-0.1, -0.05) is 17.7 Å². The lowest BCUT2D eigenvalue weighted by molar-refractivity contribution is 0.0930. The Bertz CT molecular complexity index is 877. The first-order valence-corrected chi connectivity index (χ1v) is 8.83. The number of nitrogens with zero attached hydrogens (tertiary/aromatic N) is 1. The fourth-order valence-electron chi connectivity index (χ4n) is 2.52. The molecule has 0 spiro atoms. The predicted octanol–water partition coefficient (Wildman–Crippen LogP) is 2.19. The van der Waals surface area contributed by atoms with E-state index >= 15 is 0 Å². The van der Waals surface area contributed by atoms with E-state index in [1.165, 1.54) is 6.20 Å². The van der Waals surface area contributed by atoms with Crippen molar-refractivity contribution < 1.29 is 13.2 Å². The molecule has 7 heteroatoms. The van der Waals surface area contributed by atoms with Crippen LogP contribution < -0.4 is 5.32 Å². The van der Waals surface area contributed by atoms with Gasteiger partial charge in [0.2, 0.25) is 0 Å². The van der Waals surface area contributed by atoms with E-state index in [9.17, 15) is 13.2 Å². The lowest BCUT2D eigenvalue weighted by Gasteiger charge is -2.43. The number of carbonyl (C=O) groups is 1. The van der Waals surface area contributed by atoms with Crippen molar-refractivity contribution in [2.24, 2.45) is 0 Å². The van der Waals surface area contributed by atoms with Gasteiger partial charge in [0.15, 0.2) is 9.84 Å². The smallest absolute Gasteiger partial charge is 0.252 e. The van der Waals surface area contributed by atoms with Gasteiger partial charge >= 0.3 is 0 Å². The van der Waals surface area contributed by atoms with E-state index < -0.39 is 14.6 Å². The first-order valence-electron chi connectivity index (χ1n) is 6.80. The third-order valence-electron chi connectivity index (χ3n) is 4.28. The minimum atomic E-state index is -3.13. The summed E-state index contributed by atoms with van der Waals surface area (Å²) < 4.78 is 22.5. The van der Waals surface area contributed by atoms with Gasteiger partial charge in [-0.3, -0.25) is 9.78 Å². The number of hydrogen-bond donors (Lipinski definition) is 1. The Morgan fingerprint density at radius 2 is 2.09 bits per heavy atom. The molecule has 0 radical (unpaired) electrons. The standard InChI is InChI=1S/C15H15ClN2O3S/c1-15(2)13(8-22(15,20)21)18-14(19)11-5-6-17-12-7-9(16)3-4-10(11)12/h3-7,13H,8H2,1-2H3,(H,18,19)/t13-/m0/s1. The second-order valence-corrected chi connectivity index (χ2v) is 8.98. The van der Waals surface area contributed by atoms with Crippen LogP contribution in [-0.2, 0) is 9.84 Å². The highest BCUT2D eigenvalue weighted by Crippen LogP contribution is 2.33. The van der Waals surface area contributed by atoms with Gasteiger partial charge in [0.05, 0.1) is 27.6 Å². The number of benzene rings is 1. The van der Waals surface area contributed by atoms with Crippen LogP contribution in [0.2, 0.25) is 5.02 Å². The highest BCUT2D eigenvalue weighted by Gasteiger charge is 2.54. The van der Waals surface area contributed by atoms with E-state index in [0.29, 0.717) is 21.5 Å². The molecule has 1 aromatic carbocycles. The third kappa shape index (κ3) is 2.27. The van der Waals surface area contributed by atoms with Crippen molar-refractivity contribution in [3.05, 3.63) is 41.0 Å². The quantitative estimate of drug-likeness (QED) is 0.910. The van der Waals surface area contributed by atoms with Gasteiger partial charge in [-0.05, 0) is 32.0 Å². The Morgan fingerprint density at radius 3 is 2.73 bits per heavy atom. The maximum absolute atomic E-state index is 12.5. The number of hydrogen-bond acceptors (Lipinski definition) is 4. The van der Waals surface area contributed by atoms with Gasteiger partial charge in [0.25, 0.3) is 5.91 Å². The van der Waals surface area contributed by atoms with Crippen LogP contribution in [0.1, 0.15) is 24.2 Å². The topological polar surface area (TPSA) is 76.1 Å². The van der Waals surface area contributed by atoms with E-state index in [2.05, 4.69) is 10.3 Å². The number of aromatic nitrogens is 1. The molecular formula is C15H15ClN2O3S. The van der Waals surface area contributed by atoms with Crippen LogP contribution in [0.15, 0.2) is 30.5 Å². The highest BCUT2D eigenvalue weighted by atomic mass is 35.5. The second-order valence-electron chi connectivity index (χ2n) is 5.93. The van der Waals surface area contributed by atoms with Crippen molar-refractivity contribution in [1.82, 2.24) is 10.3 Å².